The van der Waals surface area contributed by atoms with Crippen LogP contribution in [0.15, 0.2) is 48.5 Å². The van der Waals surface area contributed by atoms with E-state index in [0.717, 1.165) is 43.4 Å². The summed E-state index contributed by atoms with van der Waals surface area (Å²) in [6, 6.07) is 12.7. The van der Waals surface area contributed by atoms with Crippen LogP contribution in [-0.4, -0.2) is 6.61 Å². The van der Waals surface area contributed by atoms with Crippen LogP contribution in [0.4, 0.5) is 17.6 Å². The molecule has 0 radical (unpaired) electrons. The van der Waals surface area contributed by atoms with E-state index in [9.17, 15) is 8.78 Å². The van der Waals surface area contributed by atoms with E-state index in [-0.39, 0.29) is 22.8 Å². The Morgan fingerprint density at radius 1 is 0.581 bits per heavy atom. The predicted octanol–water partition coefficient (Wildman–Crippen LogP) is 12.0. The van der Waals surface area contributed by atoms with Gasteiger partial charge < -0.3 is 4.74 Å². The van der Waals surface area contributed by atoms with Gasteiger partial charge in [-0.3, -0.25) is 0 Å². The van der Waals surface area contributed by atoms with Crippen LogP contribution in [0.1, 0.15) is 109 Å². The minimum atomic E-state index is -1.03. The van der Waals surface area contributed by atoms with Crippen molar-refractivity contribution in [3.8, 4) is 28.0 Å². The highest BCUT2D eigenvalue weighted by atomic mass is 19.2. The molecule has 3 aromatic carbocycles. The molecule has 0 spiro atoms. The van der Waals surface area contributed by atoms with E-state index >= 15 is 8.78 Å². The fourth-order valence-electron chi connectivity index (χ4n) is 7.54. The average molecular weight is 595 g/mol. The van der Waals surface area contributed by atoms with E-state index in [4.69, 9.17) is 4.74 Å². The Kier molecular flexibility index (Phi) is 10.9. The number of benzene rings is 3. The molecular weight excluding hydrogens is 548 g/mol. The molecule has 0 heterocycles. The zero-order chi connectivity index (χ0) is 30.3. The van der Waals surface area contributed by atoms with Gasteiger partial charge in [-0.25, -0.2) is 13.2 Å². The lowest BCUT2D eigenvalue weighted by Gasteiger charge is -2.38. The largest absolute Gasteiger partial charge is 0.490 e. The highest BCUT2D eigenvalue weighted by molar-refractivity contribution is 5.72. The Bertz CT molecular complexity index is 1340. The van der Waals surface area contributed by atoms with Crippen LogP contribution >= 0.6 is 0 Å². The first-order valence-electron chi connectivity index (χ1n) is 16.6. The first-order chi connectivity index (χ1) is 20.9. The summed E-state index contributed by atoms with van der Waals surface area (Å²) < 4.78 is 65.4. The van der Waals surface area contributed by atoms with Crippen LogP contribution in [0, 0.1) is 41.0 Å². The molecule has 2 aliphatic rings. The Morgan fingerprint density at radius 2 is 1.14 bits per heavy atom. The summed E-state index contributed by atoms with van der Waals surface area (Å²) in [5, 5.41) is 0. The minimum Gasteiger partial charge on any atom is -0.490 e. The zero-order valence-electron chi connectivity index (χ0n) is 25.7. The smallest absolute Gasteiger partial charge is 0.201 e. The van der Waals surface area contributed by atoms with E-state index in [1.165, 1.54) is 63.5 Å². The van der Waals surface area contributed by atoms with Crippen LogP contribution in [-0.2, 0) is 0 Å². The molecule has 0 bridgehead atoms. The lowest BCUT2D eigenvalue weighted by Crippen LogP contribution is -2.25. The molecule has 3 aromatic rings. The Balaban J connectivity index is 1.21. The van der Waals surface area contributed by atoms with E-state index in [1.807, 2.05) is 6.92 Å². The average Bonchev–Trinajstić information content (AvgIpc) is 3.04. The number of unbranched alkanes of at least 4 members (excludes halogenated alkanes) is 2. The summed E-state index contributed by atoms with van der Waals surface area (Å²) >= 11 is 0. The van der Waals surface area contributed by atoms with Gasteiger partial charge in [0.2, 0.25) is 5.82 Å². The Hall–Kier alpha value is -2.82. The highest BCUT2D eigenvalue weighted by Crippen LogP contribution is 2.45. The number of rotatable bonds is 11. The van der Waals surface area contributed by atoms with Crippen molar-refractivity contribution in [3.63, 3.8) is 0 Å². The van der Waals surface area contributed by atoms with Gasteiger partial charge >= 0.3 is 0 Å². The third-order valence-electron chi connectivity index (χ3n) is 10.1. The fraction of sp³-hybridized carbons (Fsp3) is 0.526. The summed E-state index contributed by atoms with van der Waals surface area (Å²) in [4.78, 5) is 0. The third-order valence-corrected chi connectivity index (χ3v) is 10.1. The van der Waals surface area contributed by atoms with Crippen molar-refractivity contribution in [2.24, 2.45) is 17.8 Å². The predicted molar refractivity (Wildman–Crippen MR) is 167 cm³/mol. The summed E-state index contributed by atoms with van der Waals surface area (Å²) in [6.45, 7) is 4.45. The first-order valence-corrected chi connectivity index (χ1v) is 16.6. The second-order valence-corrected chi connectivity index (χ2v) is 12.9. The van der Waals surface area contributed by atoms with Gasteiger partial charge in [0.25, 0.3) is 0 Å². The second kappa shape index (κ2) is 14.8. The van der Waals surface area contributed by atoms with Crippen LogP contribution in [0.2, 0.25) is 0 Å². The number of hydrogen-bond acceptors (Lipinski definition) is 1. The molecule has 1 nitrogen and oxygen atoms in total. The van der Waals surface area contributed by atoms with Gasteiger partial charge in [0.1, 0.15) is 0 Å². The molecule has 5 heteroatoms. The minimum absolute atomic E-state index is 0.0507. The van der Waals surface area contributed by atoms with Gasteiger partial charge in [-0.05, 0) is 97.4 Å². The van der Waals surface area contributed by atoms with Crippen molar-refractivity contribution < 1.29 is 22.3 Å². The zero-order valence-corrected chi connectivity index (χ0v) is 25.7. The SMILES string of the molecule is CCCCCC1CCC(C2CCC(c3ccc(-c4ccc(-c5ccc(OCCC)c(F)c5F)cc4)c(F)c3F)CC2)CC1. The monoisotopic (exact) mass is 594 g/mol. The molecule has 0 amide bonds. The van der Waals surface area contributed by atoms with Crippen LogP contribution < -0.4 is 4.74 Å². The van der Waals surface area contributed by atoms with Gasteiger partial charge in [-0.1, -0.05) is 88.8 Å². The lowest BCUT2D eigenvalue weighted by molar-refractivity contribution is 0.155. The third kappa shape index (κ3) is 7.29. The molecule has 0 saturated heterocycles. The summed E-state index contributed by atoms with van der Waals surface area (Å²) in [5.74, 6) is -1.26. The molecular formula is C38H46F4O. The molecule has 2 aliphatic carbocycles. The maximum absolute atomic E-state index is 15.4. The molecule has 5 rings (SSSR count). The first kappa shape index (κ1) is 31.6. The molecule has 0 atom stereocenters. The van der Waals surface area contributed by atoms with E-state index in [0.29, 0.717) is 29.7 Å². The Labute approximate surface area is 255 Å². The lowest BCUT2D eigenvalue weighted by atomic mass is 9.68. The van der Waals surface area contributed by atoms with Crippen molar-refractivity contribution in [3.05, 3.63) is 77.4 Å². The van der Waals surface area contributed by atoms with Crippen molar-refractivity contribution >= 4 is 0 Å². The van der Waals surface area contributed by atoms with Crippen molar-refractivity contribution in [1.29, 1.82) is 0 Å². The number of halogens is 4. The van der Waals surface area contributed by atoms with Crippen LogP contribution in [0.3, 0.4) is 0 Å². The molecule has 0 N–H and O–H groups in total. The van der Waals surface area contributed by atoms with Gasteiger partial charge in [0.05, 0.1) is 6.61 Å². The van der Waals surface area contributed by atoms with Gasteiger partial charge in [0, 0.05) is 11.1 Å². The van der Waals surface area contributed by atoms with Gasteiger partial charge in [-0.15, -0.1) is 0 Å². The molecule has 2 saturated carbocycles. The molecule has 0 unspecified atom stereocenters. The molecule has 0 aliphatic heterocycles. The molecule has 232 valence electrons. The molecule has 43 heavy (non-hydrogen) atoms. The second-order valence-electron chi connectivity index (χ2n) is 12.9. The van der Waals surface area contributed by atoms with Gasteiger partial charge in [0.15, 0.2) is 23.2 Å². The molecule has 2 fully saturated rings. The quantitative estimate of drug-likeness (QED) is 0.158. The van der Waals surface area contributed by atoms with E-state index < -0.39 is 23.3 Å². The van der Waals surface area contributed by atoms with E-state index in [1.54, 1.807) is 36.4 Å². The summed E-state index contributed by atoms with van der Waals surface area (Å²) in [6.07, 6.45) is 15.5. The standard InChI is InChI=1S/C38H46F4O/c1-3-5-6-7-25-8-10-26(11-9-25)27-12-14-28(15-13-27)31-20-21-32(36(40)35(31)39)29-16-18-30(19-17-29)33-22-23-34(43-24-4-2)38(42)37(33)41/h16-23,25-28H,3-15,24H2,1-2H3. The van der Waals surface area contributed by atoms with Crippen molar-refractivity contribution in [1.82, 2.24) is 0 Å². The maximum atomic E-state index is 15.4. The maximum Gasteiger partial charge on any atom is 0.201 e. The van der Waals surface area contributed by atoms with Gasteiger partial charge in [-0.2, -0.15) is 4.39 Å². The number of hydrogen-bond donors (Lipinski definition) is 0. The van der Waals surface area contributed by atoms with Crippen molar-refractivity contribution in [2.45, 2.75) is 103 Å². The van der Waals surface area contributed by atoms with Crippen molar-refractivity contribution in [2.75, 3.05) is 6.61 Å². The highest BCUT2D eigenvalue weighted by Gasteiger charge is 2.32. The van der Waals surface area contributed by atoms with Crippen LogP contribution in [0.25, 0.3) is 22.3 Å². The number of ether oxygens (including phenoxy) is 1. The summed E-state index contributed by atoms with van der Waals surface area (Å²) in [5.41, 5.74) is 1.68. The fourth-order valence-corrected chi connectivity index (χ4v) is 7.54. The van der Waals surface area contributed by atoms with Crippen LogP contribution in [0.5, 0.6) is 5.75 Å². The van der Waals surface area contributed by atoms with E-state index in [2.05, 4.69) is 6.92 Å². The normalized spacial score (nSPS) is 22.5. The summed E-state index contributed by atoms with van der Waals surface area (Å²) in [7, 11) is 0. The topological polar surface area (TPSA) is 9.23 Å². The molecule has 0 aromatic heterocycles. The Morgan fingerprint density at radius 3 is 1.72 bits per heavy atom.